The minimum absolute atomic E-state index is 0.0550. The van der Waals surface area contributed by atoms with E-state index in [9.17, 15) is 19.5 Å². The Morgan fingerprint density at radius 2 is 1.70 bits per heavy atom. The Morgan fingerprint density at radius 3 is 2.26 bits per heavy atom. The Balaban J connectivity index is 2.36. The van der Waals surface area contributed by atoms with Gasteiger partial charge in [-0.15, -0.1) is 6.58 Å². The van der Waals surface area contributed by atoms with E-state index in [0.29, 0.717) is 35.7 Å². The van der Waals surface area contributed by atoms with Crippen LogP contribution in [0.2, 0.25) is 10.0 Å². The summed E-state index contributed by atoms with van der Waals surface area (Å²) in [5.41, 5.74) is 0.917. The summed E-state index contributed by atoms with van der Waals surface area (Å²) in [4.78, 5) is 46.9. The number of hydrogen-bond acceptors (Lipinski definition) is 7. The van der Waals surface area contributed by atoms with Gasteiger partial charge in [-0.2, -0.15) is 4.99 Å². The number of unbranched alkanes of at least 4 members (excludes halogenated alkanes) is 1. The molecule has 47 heavy (non-hydrogen) atoms. The van der Waals surface area contributed by atoms with Gasteiger partial charge in [0.15, 0.2) is 0 Å². The molecule has 0 saturated carbocycles. The van der Waals surface area contributed by atoms with Gasteiger partial charge < -0.3 is 30.6 Å². The number of carboxylic acid groups (broad SMARTS) is 1. The molecule has 0 fully saturated rings. The maximum atomic E-state index is 13.4. The summed E-state index contributed by atoms with van der Waals surface area (Å²) < 4.78 is 5.53. The lowest BCUT2D eigenvalue weighted by molar-refractivity contribution is -0.118. The lowest BCUT2D eigenvalue weighted by atomic mass is 9.75. The molecule has 0 aliphatic carbocycles. The number of carbonyl (C=O) groups is 3. The molecule has 0 bridgehead atoms. The second-order valence-corrected chi connectivity index (χ2v) is 12.2. The Labute approximate surface area is 286 Å². The first-order valence-electron chi connectivity index (χ1n) is 15.0. The Kier molecular flexibility index (Phi) is 16.1. The van der Waals surface area contributed by atoms with Crippen molar-refractivity contribution in [3.63, 3.8) is 0 Å². The summed E-state index contributed by atoms with van der Waals surface area (Å²) in [5.74, 6) is -1.23. The number of nitrogens with one attached hydrogen (secondary N) is 3. The van der Waals surface area contributed by atoms with Crippen LogP contribution in [0.3, 0.4) is 0 Å². The number of allylic oxidation sites excluding steroid dienone is 1. The third-order valence-corrected chi connectivity index (χ3v) is 7.12. The largest absolute Gasteiger partial charge is 0.490 e. The Hall–Kier alpha value is -4.19. The van der Waals surface area contributed by atoms with Crippen LogP contribution in [-0.2, 0) is 14.4 Å². The summed E-state index contributed by atoms with van der Waals surface area (Å²) in [6.45, 7) is 15.9. The zero-order valence-corrected chi connectivity index (χ0v) is 28.7. The molecule has 0 saturated heterocycles. The van der Waals surface area contributed by atoms with E-state index in [0.717, 1.165) is 12.8 Å². The highest BCUT2D eigenvalue weighted by atomic mass is 35.5. The molecule has 2 aromatic carbocycles. The zero-order chi connectivity index (χ0) is 35.0. The molecule has 2 rings (SSSR count). The van der Waals surface area contributed by atoms with Crippen molar-refractivity contribution in [1.29, 1.82) is 0 Å². The molecule has 0 heterocycles. The van der Waals surface area contributed by atoms with E-state index < -0.39 is 23.3 Å². The van der Waals surface area contributed by atoms with Gasteiger partial charge >= 0.3 is 6.09 Å². The summed E-state index contributed by atoms with van der Waals surface area (Å²) in [7, 11) is 0. The first kappa shape index (κ1) is 39.0. The summed E-state index contributed by atoms with van der Waals surface area (Å²) in [6, 6.07) is 10.1. The monoisotopic (exact) mass is 687 g/mol. The fourth-order valence-electron chi connectivity index (χ4n) is 4.54. The number of hydrogen-bond donors (Lipinski definition) is 4. The number of amides is 3. The number of rotatable bonds is 17. The van der Waals surface area contributed by atoms with Crippen molar-refractivity contribution in [1.82, 2.24) is 10.6 Å². The van der Waals surface area contributed by atoms with Crippen LogP contribution in [0.25, 0.3) is 0 Å². The quantitative estimate of drug-likeness (QED) is 0.0451. The van der Waals surface area contributed by atoms with Crippen LogP contribution < -0.4 is 20.7 Å². The SMILES string of the molecule is C=CCCCNCC(=O)Nc1c(Cl)cc(C(C(=NC(=O)O)NC(=O)CC(=NOCC)c2ccc(OCC=C)cc2)C(C)(C)C)cc1Cl. The molecule has 1 unspecified atom stereocenters. The lowest BCUT2D eigenvalue weighted by Gasteiger charge is -2.32. The van der Waals surface area contributed by atoms with Gasteiger partial charge in [0.25, 0.3) is 0 Å². The predicted molar refractivity (Wildman–Crippen MR) is 188 cm³/mol. The topological polar surface area (TPSA) is 151 Å². The van der Waals surface area contributed by atoms with Crippen molar-refractivity contribution in [2.75, 3.05) is 31.6 Å². The van der Waals surface area contributed by atoms with Crippen LogP contribution in [0.4, 0.5) is 10.5 Å². The highest BCUT2D eigenvalue weighted by molar-refractivity contribution is 6.40. The van der Waals surface area contributed by atoms with E-state index in [4.69, 9.17) is 32.8 Å². The average Bonchev–Trinajstić information content (AvgIpc) is 2.99. The molecule has 4 N–H and O–H groups in total. The number of aliphatic imine (C=N–C) groups is 1. The molecule has 11 nitrogen and oxygen atoms in total. The molecule has 3 amide bonds. The van der Waals surface area contributed by atoms with Crippen molar-refractivity contribution in [3.05, 3.63) is 82.9 Å². The second-order valence-electron chi connectivity index (χ2n) is 11.4. The van der Waals surface area contributed by atoms with Gasteiger partial charge in [-0.3, -0.25) is 9.59 Å². The lowest BCUT2D eigenvalue weighted by Crippen LogP contribution is -2.41. The number of benzene rings is 2. The van der Waals surface area contributed by atoms with Gasteiger partial charge in [0, 0.05) is 11.5 Å². The first-order chi connectivity index (χ1) is 22.3. The molecule has 0 radical (unpaired) electrons. The molecule has 13 heteroatoms. The van der Waals surface area contributed by atoms with Crippen molar-refractivity contribution in [2.45, 2.75) is 52.9 Å². The predicted octanol–water partition coefficient (Wildman–Crippen LogP) is 7.21. The van der Waals surface area contributed by atoms with Gasteiger partial charge in [-0.25, -0.2) is 4.79 Å². The van der Waals surface area contributed by atoms with Crippen LogP contribution in [-0.4, -0.2) is 60.9 Å². The van der Waals surface area contributed by atoms with Gasteiger partial charge in [0.2, 0.25) is 11.8 Å². The molecule has 0 aromatic heterocycles. The van der Waals surface area contributed by atoms with E-state index in [2.05, 4.69) is 39.3 Å². The van der Waals surface area contributed by atoms with E-state index >= 15 is 0 Å². The van der Waals surface area contributed by atoms with E-state index in [1.807, 2.05) is 26.8 Å². The Morgan fingerprint density at radius 1 is 1.04 bits per heavy atom. The number of nitrogens with zero attached hydrogens (tertiary/aromatic N) is 2. The molecular formula is C34H43Cl2N5O6. The van der Waals surface area contributed by atoms with Crippen LogP contribution in [0, 0.1) is 5.41 Å². The van der Waals surface area contributed by atoms with Crippen LogP contribution in [0.5, 0.6) is 5.75 Å². The minimum Gasteiger partial charge on any atom is -0.490 e. The molecule has 0 spiro atoms. The van der Waals surface area contributed by atoms with Gasteiger partial charge in [0.1, 0.15) is 24.8 Å². The van der Waals surface area contributed by atoms with E-state index in [1.165, 1.54) is 0 Å². The molecule has 254 valence electrons. The third kappa shape index (κ3) is 13.2. The van der Waals surface area contributed by atoms with Crippen LogP contribution in [0.15, 0.2) is 71.9 Å². The average molecular weight is 689 g/mol. The molecule has 0 aliphatic heterocycles. The molecule has 1 atom stereocenters. The van der Waals surface area contributed by atoms with Crippen molar-refractivity contribution < 1.29 is 29.1 Å². The summed E-state index contributed by atoms with van der Waals surface area (Å²) >= 11 is 13.2. The third-order valence-electron chi connectivity index (χ3n) is 6.52. The van der Waals surface area contributed by atoms with Crippen LogP contribution >= 0.6 is 23.2 Å². The fraction of sp³-hybridized carbons (Fsp3) is 0.382. The number of ether oxygens (including phenoxy) is 1. The Bertz CT molecular complexity index is 1450. The zero-order valence-electron chi connectivity index (χ0n) is 27.2. The first-order valence-corrected chi connectivity index (χ1v) is 15.8. The highest BCUT2D eigenvalue weighted by Gasteiger charge is 2.34. The number of halogens is 2. The van der Waals surface area contributed by atoms with Gasteiger partial charge in [-0.1, -0.05) is 67.9 Å². The van der Waals surface area contributed by atoms with E-state index in [1.54, 1.807) is 49.4 Å². The number of oxime groups is 1. The summed E-state index contributed by atoms with van der Waals surface area (Å²) in [6.07, 6.45) is 3.35. The fourth-order valence-corrected chi connectivity index (χ4v) is 5.14. The standard InChI is InChI=1S/C34H43Cl2N5O6/c1-7-10-11-16-37-21-29(43)38-31-25(35)18-23(19-26(31)36)30(34(4,5)6)32(40-33(44)45)39-28(42)20-27(41-47-9-3)22-12-14-24(15-13-22)46-17-8-2/h7-8,12-15,18-19,30,37H,1-2,9-11,16-17,20-21H2,3-6H3,(H,38,43)(H,44,45)(H,39,40,42). The second kappa shape index (κ2) is 19.5. The smallest absolute Gasteiger partial charge is 0.432 e. The maximum absolute atomic E-state index is 13.4. The van der Waals surface area contributed by atoms with Crippen molar-refractivity contribution in [3.8, 4) is 5.75 Å². The van der Waals surface area contributed by atoms with Crippen molar-refractivity contribution >= 4 is 58.3 Å². The highest BCUT2D eigenvalue weighted by Crippen LogP contribution is 2.41. The number of anilines is 1. The van der Waals surface area contributed by atoms with Gasteiger partial charge in [0.05, 0.1) is 34.4 Å². The summed E-state index contributed by atoms with van der Waals surface area (Å²) in [5, 5.41) is 22.5. The normalized spacial score (nSPS) is 12.6. The van der Waals surface area contributed by atoms with Crippen LogP contribution in [0.1, 0.15) is 64.0 Å². The molecule has 2 aromatic rings. The molecule has 0 aliphatic rings. The number of amidine groups is 1. The van der Waals surface area contributed by atoms with Crippen molar-refractivity contribution in [2.24, 2.45) is 15.6 Å². The van der Waals surface area contributed by atoms with E-state index in [-0.39, 0.29) is 47.0 Å². The molecular weight excluding hydrogens is 645 g/mol. The maximum Gasteiger partial charge on any atom is 0.432 e. The minimum atomic E-state index is -1.51. The van der Waals surface area contributed by atoms with Gasteiger partial charge in [-0.05, 0) is 73.7 Å². The number of carbonyl (C=O) groups excluding carboxylic acids is 2.